The smallest absolute Gasteiger partial charge is 0.00218 e. The van der Waals surface area contributed by atoms with Gasteiger partial charge in [0.15, 0.2) is 0 Å². The molecule has 1 rings (SSSR count). The highest BCUT2D eigenvalue weighted by atomic mass is 15.1. The minimum Gasteiger partial charge on any atom is -0.316 e. The van der Waals surface area contributed by atoms with E-state index in [4.69, 9.17) is 0 Å². The van der Waals surface area contributed by atoms with Gasteiger partial charge in [-0.05, 0) is 50.9 Å². The van der Waals surface area contributed by atoms with E-state index in [1.807, 2.05) is 0 Å². The molecule has 1 saturated heterocycles. The number of rotatable bonds is 5. The van der Waals surface area contributed by atoms with Gasteiger partial charge < -0.3 is 10.2 Å². The van der Waals surface area contributed by atoms with Crippen molar-refractivity contribution in [1.29, 1.82) is 0 Å². The first-order chi connectivity index (χ1) is 6.59. The minimum absolute atomic E-state index is 0.830. The lowest BCUT2D eigenvalue weighted by Gasteiger charge is -2.23. The topological polar surface area (TPSA) is 15.3 Å². The molecule has 0 amide bonds. The Morgan fingerprint density at radius 3 is 2.57 bits per heavy atom. The van der Waals surface area contributed by atoms with Crippen LogP contribution in [0.15, 0.2) is 0 Å². The Balaban J connectivity index is 2.16. The van der Waals surface area contributed by atoms with Crippen molar-refractivity contribution >= 4 is 0 Å². The van der Waals surface area contributed by atoms with Gasteiger partial charge in [0.1, 0.15) is 0 Å². The van der Waals surface area contributed by atoms with Crippen molar-refractivity contribution in [2.45, 2.75) is 27.2 Å². The fourth-order valence-electron chi connectivity index (χ4n) is 2.08. The summed E-state index contributed by atoms with van der Waals surface area (Å²) in [5.74, 6) is 2.56. The van der Waals surface area contributed by atoms with Crippen molar-refractivity contribution in [2.24, 2.45) is 17.8 Å². The molecule has 84 valence electrons. The van der Waals surface area contributed by atoms with E-state index in [0.717, 1.165) is 17.8 Å². The highest BCUT2D eigenvalue weighted by Crippen LogP contribution is 2.16. The van der Waals surface area contributed by atoms with E-state index in [0.29, 0.717) is 0 Å². The van der Waals surface area contributed by atoms with Crippen LogP contribution in [0.2, 0.25) is 0 Å². The first kappa shape index (κ1) is 12.0. The molecule has 2 nitrogen and oxygen atoms in total. The maximum atomic E-state index is 3.47. The van der Waals surface area contributed by atoms with Crippen LogP contribution in [0.25, 0.3) is 0 Å². The maximum Gasteiger partial charge on any atom is 0.00218 e. The molecule has 2 atom stereocenters. The molecule has 1 heterocycles. The minimum atomic E-state index is 0.830. The van der Waals surface area contributed by atoms with Crippen LogP contribution in [0.4, 0.5) is 0 Å². The highest BCUT2D eigenvalue weighted by Gasteiger charge is 2.23. The Labute approximate surface area is 89.1 Å². The Bertz CT molecular complexity index is 156. The summed E-state index contributed by atoms with van der Waals surface area (Å²) < 4.78 is 0. The van der Waals surface area contributed by atoms with Gasteiger partial charge in [-0.15, -0.1) is 0 Å². The molecule has 0 unspecified atom stereocenters. The summed E-state index contributed by atoms with van der Waals surface area (Å²) in [6.07, 6.45) is 1.32. The lowest BCUT2D eigenvalue weighted by Crippen LogP contribution is -2.30. The van der Waals surface area contributed by atoms with Crippen LogP contribution >= 0.6 is 0 Å². The van der Waals surface area contributed by atoms with E-state index < -0.39 is 0 Å². The van der Waals surface area contributed by atoms with Crippen molar-refractivity contribution in [3.8, 4) is 0 Å². The molecular weight excluding hydrogens is 172 g/mol. The predicted octanol–water partition coefficient (Wildman–Crippen LogP) is 1.82. The van der Waals surface area contributed by atoms with E-state index in [1.165, 1.54) is 32.6 Å². The molecule has 0 saturated carbocycles. The molecule has 0 spiro atoms. The quantitative estimate of drug-likeness (QED) is 0.725. The zero-order chi connectivity index (χ0) is 10.6. The van der Waals surface area contributed by atoms with Gasteiger partial charge in [-0.1, -0.05) is 20.8 Å². The third kappa shape index (κ3) is 3.97. The van der Waals surface area contributed by atoms with Gasteiger partial charge in [-0.25, -0.2) is 0 Å². The van der Waals surface area contributed by atoms with Crippen LogP contribution in [0.1, 0.15) is 27.2 Å². The molecule has 0 bridgehead atoms. The largest absolute Gasteiger partial charge is 0.316 e. The number of hydrogen-bond donors (Lipinski definition) is 1. The third-order valence-electron chi connectivity index (χ3n) is 3.31. The number of nitrogens with one attached hydrogen (secondary N) is 1. The zero-order valence-electron chi connectivity index (χ0n) is 10.2. The van der Waals surface area contributed by atoms with E-state index in [2.05, 4.69) is 38.0 Å². The van der Waals surface area contributed by atoms with Crippen LogP contribution in [0.5, 0.6) is 0 Å². The average molecular weight is 198 g/mol. The van der Waals surface area contributed by atoms with Crippen molar-refractivity contribution < 1.29 is 0 Å². The molecule has 2 heteroatoms. The fraction of sp³-hybridized carbons (Fsp3) is 1.00. The third-order valence-corrected chi connectivity index (χ3v) is 3.31. The van der Waals surface area contributed by atoms with Gasteiger partial charge in [0.25, 0.3) is 0 Å². The summed E-state index contributed by atoms with van der Waals surface area (Å²) >= 11 is 0. The molecule has 0 radical (unpaired) electrons. The fourth-order valence-corrected chi connectivity index (χ4v) is 2.08. The van der Waals surface area contributed by atoms with Gasteiger partial charge in [0, 0.05) is 6.54 Å². The number of nitrogens with zero attached hydrogens (tertiary/aromatic N) is 1. The molecule has 0 aromatic rings. The van der Waals surface area contributed by atoms with Crippen molar-refractivity contribution in [2.75, 3.05) is 33.2 Å². The Morgan fingerprint density at radius 2 is 2.07 bits per heavy atom. The molecule has 0 aromatic heterocycles. The predicted molar refractivity (Wildman–Crippen MR) is 62.5 cm³/mol. The molecule has 1 N–H and O–H groups in total. The highest BCUT2D eigenvalue weighted by molar-refractivity contribution is 4.79. The van der Waals surface area contributed by atoms with Crippen molar-refractivity contribution in [3.63, 3.8) is 0 Å². The summed E-state index contributed by atoms with van der Waals surface area (Å²) in [6, 6.07) is 0. The van der Waals surface area contributed by atoms with Gasteiger partial charge in [0.2, 0.25) is 0 Å². The Morgan fingerprint density at radius 1 is 1.36 bits per heavy atom. The maximum absolute atomic E-state index is 3.47. The van der Waals surface area contributed by atoms with E-state index in [-0.39, 0.29) is 0 Å². The summed E-state index contributed by atoms with van der Waals surface area (Å²) in [5.41, 5.74) is 0. The Hall–Kier alpha value is -0.0800. The lowest BCUT2D eigenvalue weighted by atomic mass is 9.97. The second-order valence-electron chi connectivity index (χ2n) is 5.34. The van der Waals surface area contributed by atoms with Crippen molar-refractivity contribution in [3.05, 3.63) is 0 Å². The summed E-state index contributed by atoms with van der Waals surface area (Å²) in [7, 11) is 2.26. The summed E-state index contributed by atoms with van der Waals surface area (Å²) in [5, 5.41) is 3.47. The van der Waals surface area contributed by atoms with Crippen LogP contribution in [-0.2, 0) is 0 Å². The number of hydrogen-bond acceptors (Lipinski definition) is 2. The van der Waals surface area contributed by atoms with Crippen LogP contribution in [0, 0.1) is 17.8 Å². The van der Waals surface area contributed by atoms with E-state index in [1.54, 1.807) is 0 Å². The van der Waals surface area contributed by atoms with Gasteiger partial charge in [0.05, 0.1) is 0 Å². The monoisotopic (exact) mass is 198 g/mol. The van der Waals surface area contributed by atoms with E-state index >= 15 is 0 Å². The van der Waals surface area contributed by atoms with E-state index in [9.17, 15) is 0 Å². The van der Waals surface area contributed by atoms with Crippen LogP contribution < -0.4 is 5.32 Å². The Kier molecular flexibility index (Phi) is 4.90. The molecule has 14 heavy (non-hydrogen) atoms. The van der Waals surface area contributed by atoms with Gasteiger partial charge in [-0.3, -0.25) is 0 Å². The molecule has 1 fully saturated rings. The second-order valence-corrected chi connectivity index (χ2v) is 5.34. The van der Waals surface area contributed by atoms with Gasteiger partial charge >= 0.3 is 0 Å². The zero-order valence-corrected chi connectivity index (χ0v) is 10.2. The average Bonchev–Trinajstić information content (AvgIpc) is 2.49. The van der Waals surface area contributed by atoms with Crippen LogP contribution in [-0.4, -0.2) is 38.1 Å². The van der Waals surface area contributed by atoms with Crippen LogP contribution in [0.3, 0.4) is 0 Å². The second kappa shape index (κ2) is 5.72. The molecule has 0 aromatic carbocycles. The first-order valence-corrected chi connectivity index (χ1v) is 5.99. The first-order valence-electron chi connectivity index (χ1n) is 5.99. The normalized spacial score (nSPS) is 27.9. The summed E-state index contributed by atoms with van der Waals surface area (Å²) in [6.45, 7) is 11.9. The SMILES string of the molecule is CC(C)CCN(C)C[C@@H]1CNC[C@H]1C. The molecule has 1 aliphatic heterocycles. The molecule has 1 aliphatic rings. The summed E-state index contributed by atoms with van der Waals surface area (Å²) in [4.78, 5) is 2.49. The van der Waals surface area contributed by atoms with Gasteiger partial charge in [-0.2, -0.15) is 0 Å². The molecule has 0 aliphatic carbocycles. The molecular formula is C12H26N2. The standard InChI is InChI=1S/C12H26N2/c1-10(2)5-6-14(4)9-12-8-13-7-11(12)3/h10-13H,5-9H2,1-4H3/t11-,12+/m1/s1. The lowest BCUT2D eigenvalue weighted by molar-refractivity contribution is 0.247. The van der Waals surface area contributed by atoms with Crippen molar-refractivity contribution in [1.82, 2.24) is 10.2 Å².